The first kappa shape index (κ1) is 9.85. The second-order valence-corrected chi connectivity index (χ2v) is 3.60. The van der Waals surface area contributed by atoms with Crippen LogP contribution in [-0.4, -0.2) is 29.6 Å². The third kappa shape index (κ3) is 2.94. The molecule has 1 saturated carbocycles. The second kappa shape index (κ2) is 4.13. The van der Waals surface area contributed by atoms with Crippen molar-refractivity contribution in [1.82, 2.24) is 10.2 Å². The number of urea groups is 1. The van der Waals surface area contributed by atoms with Crippen LogP contribution in [0.2, 0.25) is 0 Å². The third-order valence-electron chi connectivity index (χ3n) is 2.03. The number of hydrogen-bond donors (Lipinski definition) is 1. The Kier molecular flexibility index (Phi) is 3.13. The van der Waals surface area contributed by atoms with Crippen molar-refractivity contribution in [2.45, 2.75) is 38.8 Å². The molecule has 0 aromatic heterocycles. The molecule has 0 unspecified atom stereocenters. The molecular formula is C9H15N3O. The van der Waals surface area contributed by atoms with Crippen LogP contribution in [0.1, 0.15) is 26.7 Å². The smallest absolute Gasteiger partial charge is 0.318 e. The van der Waals surface area contributed by atoms with E-state index in [1.807, 2.05) is 19.9 Å². The molecule has 0 aliphatic heterocycles. The molecule has 0 aromatic rings. The Hall–Kier alpha value is -1.24. The maximum Gasteiger partial charge on any atom is 0.318 e. The summed E-state index contributed by atoms with van der Waals surface area (Å²) < 4.78 is 0. The molecule has 0 radical (unpaired) electrons. The predicted molar refractivity (Wildman–Crippen MR) is 49.0 cm³/mol. The number of hydrogen-bond acceptors (Lipinski definition) is 2. The van der Waals surface area contributed by atoms with Gasteiger partial charge in [0.05, 0.1) is 6.07 Å². The number of rotatable bonds is 3. The van der Waals surface area contributed by atoms with E-state index in [0.717, 1.165) is 12.8 Å². The average molecular weight is 181 g/mol. The summed E-state index contributed by atoms with van der Waals surface area (Å²) in [4.78, 5) is 13.0. The van der Waals surface area contributed by atoms with Crippen LogP contribution < -0.4 is 5.32 Å². The quantitative estimate of drug-likeness (QED) is 0.663. The van der Waals surface area contributed by atoms with Crippen molar-refractivity contribution >= 4 is 6.03 Å². The monoisotopic (exact) mass is 181 g/mol. The highest BCUT2D eigenvalue weighted by molar-refractivity contribution is 5.75. The van der Waals surface area contributed by atoms with Gasteiger partial charge in [0, 0.05) is 12.1 Å². The van der Waals surface area contributed by atoms with E-state index in [0.29, 0.717) is 6.04 Å². The zero-order valence-corrected chi connectivity index (χ0v) is 8.08. The molecule has 4 nitrogen and oxygen atoms in total. The maximum absolute atomic E-state index is 11.5. The molecule has 72 valence electrons. The van der Waals surface area contributed by atoms with Crippen molar-refractivity contribution in [3.05, 3.63) is 0 Å². The maximum atomic E-state index is 11.5. The number of nitriles is 1. The first-order valence-corrected chi connectivity index (χ1v) is 4.59. The highest BCUT2D eigenvalue weighted by Gasteiger charge is 2.26. The highest BCUT2D eigenvalue weighted by Crippen LogP contribution is 2.19. The summed E-state index contributed by atoms with van der Waals surface area (Å²) in [6.07, 6.45) is 2.15. The van der Waals surface area contributed by atoms with Gasteiger partial charge in [-0.05, 0) is 26.7 Å². The lowest BCUT2D eigenvalue weighted by atomic mass is 10.3. The van der Waals surface area contributed by atoms with Gasteiger partial charge in [-0.2, -0.15) is 5.26 Å². The van der Waals surface area contributed by atoms with Gasteiger partial charge in [0.15, 0.2) is 0 Å². The van der Waals surface area contributed by atoms with Gasteiger partial charge in [-0.3, -0.25) is 0 Å². The van der Waals surface area contributed by atoms with Gasteiger partial charge in [0.2, 0.25) is 0 Å². The second-order valence-electron chi connectivity index (χ2n) is 3.60. The van der Waals surface area contributed by atoms with Crippen molar-refractivity contribution in [3.8, 4) is 6.07 Å². The van der Waals surface area contributed by atoms with Crippen molar-refractivity contribution < 1.29 is 4.79 Å². The van der Waals surface area contributed by atoms with Crippen LogP contribution in [-0.2, 0) is 0 Å². The summed E-state index contributed by atoms with van der Waals surface area (Å²) in [7, 11) is 0. The van der Waals surface area contributed by atoms with Crippen molar-refractivity contribution in [3.63, 3.8) is 0 Å². The van der Waals surface area contributed by atoms with Crippen LogP contribution in [0.3, 0.4) is 0 Å². The fraction of sp³-hybridized carbons (Fsp3) is 0.778. The van der Waals surface area contributed by atoms with E-state index in [1.165, 1.54) is 0 Å². The van der Waals surface area contributed by atoms with Crippen LogP contribution in [0.25, 0.3) is 0 Å². The molecule has 0 bridgehead atoms. The minimum absolute atomic E-state index is 0.0819. The molecule has 0 saturated heterocycles. The molecule has 1 aliphatic carbocycles. The van der Waals surface area contributed by atoms with E-state index in [1.54, 1.807) is 4.90 Å². The van der Waals surface area contributed by atoms with Gasteiger partial charge in [0.25, 0.3) is 0 Å². The summed E-state index contributed by atoms with van der Waals surface area (Å²) in [6, 6.07) is 2.31. The van der Waals surface area contributed by atoms with Crippen molar-refractivity contribution in [1.29, 1.82) is 5.26 Å². The summed E-state index contributed by atoms with van der Waals surface area (Å²) in [5.41, 5.74) is 0. The fourth-order valence-corrected chi connectivity index (χ4v) is 1.05. The molecule has 0 atom stereocenters. The summed E-state index contributed by atoms with van der Waals surface area (Å²) in [6.45, 7) is 3.98. The van der Waals surface area contributed by atoms with Crippen LogP contribution in [0.4, 0.5) is 4.79 Å². The Balaban J connectivity index is 2.42. The van der Waals surface area contributed by atoms with E-state index in [2.05, 4.69) is 5.32 Å². The molecule has 1 aliphatic rings. The van der Waals surface area contributed by atoms with Gasteiger partial charge in [-0.1, -0.05) is 0 Å². The Bertz CT molecular complexity index is 228. The predicted octanol–water partition coefficient (Wildman–Crippen LogP) is 1.09. The number of nitrogens with zero attached hydrogens (tertiary/aromatic N) is 2. The largest absolute Gasteiger partial charge is 0.335 e. The van der Waals surface area contributed by atoms with Gasteiger partial charge >= 0.3 is 6.03 Å². The summed E-state index contributed by atoms with van der Waals surface area (Å²) in [5.74, 6) is 0. The van der Waals surface area contributed by atoms with Crippen molar-refractivity contribution in [2.24, 2.45) is 0 Å². The Morgan fingerprint density at radius 3 is 2.69 bits per heavy atom. The van der Waals surface area contributed by atoms with Crippen LogP contribution in [0, 0.1) is 11.3 Å². The van der Waals surface area contributed by atoms with Crippen LogP contribution in [0.15, 0.2) is 0 Å². The highest BCUT2D eigenvalue weighted by atomic mass is 16.2. The van der Waals surface area contributed by atoms with Crippen LogP contribution >= 0.6 is 0 Å². The van der Waals surface area contributed by atoms with Gasteiger partial charge < -0.3 is 10.2 Å². The van der Waals surface area contributed by atoms with Gasteiger partial charge in [0.1, 0.15) is 6.54 Å². The molecule has 1 fully saturated rings. The fourth-order valence-electron chi connectivity index (χ4n) is 1.05. The first-order valence-electron chi connectivity index (χ1n) is 4.59. The first-order chi connectivity index (χ1) is 6.15. The Labute approximate surface area is 78.5 Å². The Morgan fingerprint density at radius 2 is 2.31 bits per heavy atom. The lowest BCUT2D eigenvalue weighted by Gasteiger charge is -2.23. The van der Waals surface area contributed by atoms with Gasteiger partial charge in [-0.25, -0.2) is 4.79 Å². The average Bonchev–Trinajstić information content (AvgIpc) is 2.83. The number of carbonyl (C=O) groups is 1. The summed E-state index contributed by atoms with van der Waals surface area (Å²) in [5, 5.41) is 11.4. The zero-order valence-electron chi connectivity index (χ0n) is 8.08. The standard InChI is InChI=1S/C9H15N3O/c1-7(2)12(6-5-10)9(13)11-8-3-4-8/h7-8H,3-4,6H2,1-2H3,(H,11,13). The summed E-state index contributed by atoms with van der Waals surface area (Å²) >= 11 is 0. The molecule has 2 amide bonds. The number of carbonyl (C=O) groups excluding carboxylic acids is 1. The lowest BCUT2D eigenvalue weighted by molar-refractivity contribution is 0.190. The zero-order chi connectivity index (χ0) is 9.84. The van der Waals surface area contributed by atoms with Crippen molar-refractivity contribution in [2.75, 3.05) is 6.54 Å². The molecule has 0 heterocycles. The minimum Gasteiger partial charge on any atom is -0.335 e. The van der Waals surface area contributed by atoms with E-state index in [9.17, 15) is 4.79 Å². The number of amides is 2. The lowest BCUT2D eigenvalue weighted by Crippen LogP contribution is -2.44. The molecule has 4 heteroatoms. The van der Waals surface area contributed by atoms with E-state index < -0.39 is 0 Å². The van der Waals surface area contributed by atoms with E-state index in [4.69, 9.17) is 5.26 Å². The molecule has 1 rings (SSSR count). The molecule has 0 aromatic carbocycles. The molecular weight excluding hydrogens is 166 g/mol. The topological polar surface area (TPSA) is 56.1 Å². The van der Waals surface area contributed by atoms with E-state index in [-0.39, 0.29) is 18.6 Å². The minimum atomic E-state index is -0.112. The third-order valence-corrected chi connectivity index (χ3v) is 2.03. The molecule has 0 spiro atoms. The molecule has 1 N–H and O–H groups in total. The number of nitrogens with one attached hydrogen (secondary N) is 1. The SMILES string of the molecule is CC(C)N(CC#N)C(=O)NC1CC1. The molecule has 13 heavy (non-hydrogen) atoms. The van der Waals surface area contributed by atoms with Crippen LogP contribution in [0.5, 0.6) is 0 Å². The normalized spacial score (nSPS) is 15.2. The van der Waals surface area contributed by atoms with E-state index >= 15 is 0 Å². The Morgan fingerprint density at radius 1 is 1.69 bits per heavy atom. The van der Waals surface area contributed by atoms with Gasteiger partial charge in [-0.15, -0.1) is 0 Å².